The molecular weight excluding hydrogens is 446 g/mol. The molecule has 1 aliphatic carbocycles. The van der Waals surface area contributed by atoms with Crippen molar-refractivity contribution >= 4 is 24.9 Å². The van der Waals surface area contributed by atoms with Crippen LogP contribution >= 0.6 is 0 Å². The van der Waals surface area contributed by atoms with Crippen LogP contribution in [0.2, 0.25) is 13.1 Å². The zero-order valence-electron chi connectivity index (χ0n) is 14.6. The van der Waals surface area contributed by atoms with Crippen molar-refractivity contribution in [1.82, 2.24) is 0 Å². The summed E-state index contributed by atoms with van der Waals surface area (Å²) in [5, 5.41) is 2.69. The van der Waals surface area contributed by atoms with Crippen LogP contribution in [-0.4, -0.2) is 20.7 Å². The smallest absolute Gasteiger partial charge is 1.00 e. The molecule has 4 rings (SSSR count). The molecule has 0 fully saturated rings. The van der Waals surface area contributed by atoms with Crippen molar-refractivity contribution in [3.63, 3.8) is 0 Å². The first-order chi connectivity index (χ1) is 10.6. The minimum atomic E-state index is -0.269. The van der Waals surface area contributed by atoms with E-state index >= 15 is 0 Å². The maximum atomic E-state index is 5.40. The molecule has 1 aliphatic heterocycles. The van der Waals surface area contributed by atoms with Crippen molar-refractivity contribution in [3.05, 3.63) is 77.1 Å². The molecule has 0 saturated carbocycles. The van der Waals surface area contributed by atoms with E-state index in [9.17, 15) is 0 Å². The molecule has 129 valence electrons. The Morgan fingerprint density at radius 2 is 1.84 bits per heavy atom. The summed E-state index contributed by atoms with van der Waals surface area (Å²) in [5.41, 5.74) is 6.29. The van der Waals surface area contributed by atoms with Gasteiger partial charge in [-0.3, -0.25) is 0 Å². The molecule has 1 radical (unpaired) electrons. The van der Waals surface area contributed by atoms with Crippen molar-refractivity contribution in [1.29, 1.82) is 0 Å². The summed E-state index contributed by atoms with van der Waals surface area (Å²) in [7, 11) is -0.269. The number of rotatable bonds is 1. The number of hydrogen-bond donors (Lipinski definition) is 0. The molecule has 25 heavy (non-hydrogen) atoms. The van der Waals surface area contributed by atoms with Gasteiger partial charge in [0.15, 0.2) is 0 Å². The van der Waals surface area contributed by atoms with E-state index in [1.807, 2.05) is 0 Å². The van der Waals surface area contributed by atoms with Gasteiger partial charge in [-0.1, -0.05) is 31.8 Å². The summed E-state index contributed by atoms with van der Waals surface area (Å²) < 4.78 is 5.40. The first kappa shape index (κ1) is 24.4. The summed E-state index contributed by atoms with van der Waals surface area (Å²) in [6.45, 7) is 7.45. The van der Waals surface area contributed by atoms with E-state index in [1.54, 1.807) is 0 Å². The number of benzene rings is 1. The first-order valence-corrected chi connectivity index (χ1v) is 10.2. The van der Waals surface area contributed by atoms with Gasteiger partial charge in [0.2, 0.25) is 0 Å². The van der Waals surface area contributed by atoms with Crippen LogP contribution in [-0.2, 0) is 30.9 Å². The van der Waals surface area contributed by atoms with Gasteiger partial charge in [0.1, 0.15) is 12.4 Å². The number of hydrogen-bond acceptors (Lipinski definition) is 1. The van der Waals surface area contributed by atoms with Crippen molar-refractivity contribution in [3.8, 4) is 0 Å². The standard InChI is InChI=1S/C10H12OSi.C10H9.2ClH.Zr/c1-12(2)7-8-5-9-3-4-11-10(9)6-8;1-8-6-9-4-2-3-5-10(9)7-8;;;/h3,5-7H,4H2,1-2H3;2-7H,1H3;2*1H;/q;-1;;;+3/p-2. The Morgan fingerprint density at radius 3 is 2.48 bits per heavy atom. The average molecular weight is 468 g/mol. The summed E-state index contributed by atoms with van der Waals surface area (Å²) in [6.07, 6.45) is 6.47. The van der Waals surface area contributed by atoms with E-state index < -0.39 is 0 Å². The SMILES string of the molecule is C[Si](C)=CC1=CC2=CCOC2=C1.Cc1cc2ccccc2[cH-]1.[Cl-].[Cl-].[Zr+3]. The molecule has 2 aromatic carbocycles. The number of halogens is 2. The van der Waals surface area contributed by atoms with Crippen molar-refractivity contribution in [2.24, 2.45) is 0 Å². The molecule has 0 spiro atoms. The zero-order chi connectivity index (χ0) is 15.5. The van der Waals surface area contributed by atoms with Crippen molar-refractivity contribution in [2.75, 3.05) is 6.61 Å². The van der Waals surface area contributed by atoms with Crippen LogP contribution in [0, 0.1) is 6.92 Å². The molecule has 2 aliphatic rings. The van der Waals surface area contributed by atoms with Gasteiger partial charge in [0.05, 0.1) is 0 Å². The quantitative estimate of drug-likeness (QED) is 0.378. The maximum absolute atomic E-state index is 5.40. The predicted molar refractivity (Wildman–Crippen MR) is 98.0 cm³/mol. The van der Waals surface area contributed by atoms with E-state index in [4.69, 9.17) is 4.74 Å². The zero-order valence-corrected chi connectivity index (χ0v) is 19.6. The minimum absolute atomic E-state index is 0. The molecule has 1 heterocycles. The third-order valence-electron chi connectivity index (χ3n) is 3.66. The van der Waals surface area contributed by atoms with Crippen molar-refractivity contribution in [2.45, 2.75) is 20.0 Å². The summed E-state index contributed by atoms with van der Waals surface area (Å²) >= 11 is 0. The van der Waals surface area contributed by atoms with Crippen LogP contribution in [0.5, 0.6) is 0 Å². The Bertz CT molecular complexity index is 794. The van der Waals surface area contributed by atoms with E-state index in [-0.39, 0.29) is 59.4 Å². The minimum Gasteiger partial charge on any atom is -1.00 e. The van der Waals surface area contributed by atoms with Crippen LogP contribution in [0.25, 0.3) is 10.8 Å². The van der Waals surface area contributed by atoms with Crippen LogP contribution in [0.15, 0.2) is 71.5 Å². The van der Waals surface area contributed by atoms with Gasteiger partial charge in [-0.2, -0.15) is 6.07 Å². The molecule has 2 aromatic rings. The molecular formula is C20H21Cl2OSiZr. The van der Waals surface area contributed by atoms with Crippen LogP contribution in [0.1, 0.15) is 5.56 Å². The maximum Gasteiger partial charge on any atom is 3.00 e. The second kappa shape index (κ2) is 11.2. The Labute approximate surface area is 183 Å². The number of aryl methyl sites for hydroxylation is 1. The molecule has 0 aromatic heterocycles. The summed E-state index contributed by atoms with van der Waals surface area (Å²) in [4.78, 5) is 0. The van der Waals surface area contributed by atoms with Crippen LogP contribution in [0.4, 0.5) is 0 Å². The number of fused-ring (bicyclic) bond motifs is 2. The van der Waals surface area contributed by atoms with Crippen LogP contribution < -0.4 is 24.8 Å². The van der Waals surface area contributed by atoms with Gasteiger partial charge in [-0.15, -0.1) is 40.6 Å². The predicted octanol–water partition coefficient (Wildman–Crippen LogP) is -1.22. The van der Waals surface area contributed by atoms with Gasteiger partial charge < -0.3 is 29.6 Å². The number of ether oxygens (including phenoxy) is 1. The summed E-state index contributed by atoms with van der Waals surface area (Å²) in [5.74, 6) is 1.06. The van der Waals surface area contributed by atoms with E-state index in [2.05, 4.69) is 80.3 Å². The van der Waals surface area contributed by atoms with Crippen LogP contribution in [0.3, 0.4) is 0 Å². The average Bonchev–Trinajstić information content (AvgIpc) is 3.11. The van der Waals surface area contributed by atoms with Gasteiger partial charge in [0, 0.05) is 14.0 Å². The fraction of sp³-hybridized carbons (Fsp3) is 0.200. The Balaban J connectivity index is 0.000000416. The molecule has 0 unspecified atom stereocenters. The monoisotopic (exact) mass is 465 g/mol. The Hall–Kier alpha value is -0.600. The molecule has 0 bridgehead atoms. The molecule has 0 saturated heterocycles. The van der Waals surface area contributed by atoms with E-state index in [1.165, 1.54) is 27.5 Å². The Kier molecular flexibility index (Phi) is 10.9. The van der Waals surface area contributed by atoms with Gasteiger partial charge >= 0.3 is 26.2 Å². The normalized spacial score (nSPS) is 13.3. The van der Waals surface area contributed by atoms with Crippen molar-refractivity contribution < 1.29 is 55.8 Å². The fourth-order valence-electron chi connectivity index (χ4n) is 2.76. The molecule has 0 N–H and O–H groups in total. The Morgan fingerprint density at radius 1 is 1.12 bits per heavy atom. The number of allylic oxidation sites excluding steroid dienone is 3. The second-order valence-electron chi connectivity index (χ2n) is 6.01. The van der Waals surface area contributed by atoms with Gasteiger partial charge in [-0.25, -0.2) is 0 Å². The first-order valence-electron chi connectivity index (χ1n) is 7.65. The molecule has 0 atom stereocenters. The van der Waals surface area contributed by atoms with Gasteiger partial charge in [0.25, 0.3) is 0 Å². The third kappa shape index (κ3) is 6.57. The molecule has 5 heteroatoms. The third-order valence-corrected chi connectivity index (χ3v) is 4.57. The van der Waals surface area contributed by atoms with E-state index in [0.29, 0.717) is 0 Å². The van der Waals surface area contributed by atoms with Gasteiger partial charge in [-0.05, 0) is 23.8 Å². The largest absolute Gasteiger partial charge is 3.00 e. The second-order valence-corrected chi connectivity index (χ2v) is 8.45. The van der Waals surface area contributed by atoms with E-state index in [0.717, 1.165) is 12.4 Å². The molecule has 1 nitrogen and oxygen atoms in total. The molecule has 0 amide bonds. The topological polar surface area (TPSA) is 9.23 Å². The summed E-state index contributed by atoms with van der Waals surface area (Å²) in [6, 6.07) is 12.8. The fourth-order valence-corrected chi connectivity index (χ4v) is 3.59.